The van der Waals surface area contributed by atoms with Crippen LogP contribution >= 0.6 is 11.3 Å². The quantitative estimate of drug-likeness (QED) is 0.723. The highest BCUT2D eigenvalue weighted by atomic mass is 32.1. The molecule has 0 unspecified atom stereocenters. The Morgan fingerprint density at radius 1 is 1.26 bits per heavy atom. The molecule has 0 fully saturated rings. The summed E-state index contributed by atoms with van der Waals surface area (Å²) in [7, 11) is 1.78. The van der Waals surface area contributed by atoms with E-state index in [1.54, 1.807) is 18.0 Å². The van der Waals surface area contributed by atoms with E-state index < -0.39 is 0 Å². The van der Waals surface area contributed by atoms with Gasteiger partial charge in [0.25, 0.3) is 5.56 Å². The highest BCUT2D eigenvalue weighted by Crippen LogP contribution is 2.13. The molecule has 3 rings (SSSR count). The molecular weight excluding hydrogens is 310 g/mol. The number of benzene rings is 1. The minimum absolute atomic E-state index is 0.00571. The third-order valence-corrected chi connectivity index (χ3v) is 4.53. The molecule has 0 atom stereocenters. The van der Waals surface area contributed by atoms with Crippen LogP contribution in [0, 0.1) is 0 Å². The number of carbonyl (C=O) groups excluding carboxylic acids is 1. The third kappa shape index (κ3) is 3.48. The van der Waals surface area contributed by atoms with Crippen molar-refractivity contribution < 1.29 is 4.79 Å². The Bertz CT molecular complexity index is 870. The Hall–Kier alpha value is -2.47. The van der Waals surface area contributed by atoms with E-state index in [1.165, 1.54) is 22.2 Å². The molecule has 0 bridgehead atoms. The van der Waals surface area contributed by atoms with Crippen molar-refractivity contribution in [2.75, 3.05) is 7.05 Å². The van der Waals surface area contributed by atoms with Crippen LogP contribution in [-0.4, -0.2) is 27.4 Å². The fraction of sp³-hybridized carbons (Fsp3) is 0.235. The minimum atomic E-state index is -0.0882. The van der Waals surface area contributed by atoms with Crippen LogP contribution in [0.15, 0.2) is 52.9 Å². The molecule has 1 amide bonds. The number of thiophene rings is 1. The normalized spacial score (nSPS) is 10.8. The molecule has 1 aromatic carbocycles. The molecule has 23 heavy (non-hydrogen) atoms. The van der Waals surface area contributed by atoms with Crippen molar-refractivity contribution in [3.8, 4) is 0 Å². The van der Waals surface area contributed by atoms with E-state index in [9.17, 15) is 9.59 Å². The summed E-state index contributed by atoms with van der Waals surface area (Å²) in [4.78, 5) is 31.2. The van der Waals surface area contributed by atoms with E-state index in [2.05, 4.69) is 4.98 Å². The summed E-state index contributed by atoms with van der Waals surface area (Å²) in [6.45, 7) is 0.909. The molecule has 0 radical (unpaired) electrons. The molecule has 0 aliphatic rings. The molecule has 5 nitrogen and oxygen atoms in total. The van der Waals surface area contributed by atoms with E-state index in [0.717, 1.165) is 10.4 Å². The summed E-state index contributed by atoms with van der Waals surface area (Å²) >= 11 is 1.44. The topological polar surface area (TPSA) is 55.2 Å². The van der Waals surface area contributed by atoms with E-state index in [4.69, 9.17) is 0 Å². The first kappa shape index (κ1) is 15.4. The predicted molar refractivity (Wildman–Crippen MR) is 91.4 cm³/mol. The van der Waals surface area contributed by atoms with E-state index in [0.29, 0.717) is 18.5 Å². The third-order valence-electron chi connectivity index (χ3n) is 3.71. The van der Waals surface area contributed by atoms with Gasteiger partial charge in [-0.05, 0) is 17.0 Å². The van der Waals surface area contributed by atoms with Gasteiger partial charge in [-0.1, -0.05) is 30.3 Å². The molecule has 118 valence electrons. The van der Waals surface area contributed by atoms with Crippen LogP contribution in [0.25, 0.3) is 10.2 Å². The van der Waals surface area contributed by atoms with Gasteiger partial charge in [-0.3, -0.25) is 14.2 Å². The highest BCUT2D eigenvalue weighted by molar-refractivity contribution is 7.16. The van der Waals surface area contributed by atoms with Crippen LogP contribution in [0.1, 0.15) is 12.0 Å². The largest absolute Gasteiger partial charge is 0.341 e. The van der Waals surface area contributed by atoms with Gasteiger partial charge in [0, 0.05) is 26.6 Å². The second-order valence-electron chi connectivity index (χ2n) is 5.37. The Morgan fingerprint density at radius 3 is 2.83 bits per heavy atom. The molecule has 0 saturated carbocycles. The average Bonchev–Trinajstić information content (AvgIpc) is 3.04. The Kier molecular flexibility index (Phi) is 4.52. The zero-order valence-electron chi connectivity index (χ0n) is 12.8. The highest BCUT2D eigenvalue weighted by Gasteiger charge is 2.11. The Balaban J connectivity index is 1.63. The molecule has 2 aromatic heterocycles. The smallest absolute Gasteiger partial charge is 0.262 e. The Labute approximate surface area is 137 Å². The van der Waals surface area contributed by atoms with Crippen LogP contribution in [0.3, 0.4) is 0 Å². The number of fused-ring (bicyclic) bond motifs is 1. The summed E-state index contributed by atoms with van der Waals surface area (Å²) in [5, 5.41) is 2.46. The van der Waals surface area contributed by atoms with Crippen LogP contribution in [-0.2, 0) is 17.9 Å². The molecule has 0 aliphatic heterocycles. The molecule has 2 heterocycles. The molecule has 0 spiro atoms. The number of hydrogen-bond donors (Lipinski definition) is 0. The van der Waals surface area contributed by atoms with Crippen LogP contribution in [0.5, 0.6) is 0 Å². The summed E-state index contributed by atoms with van der Waals surface area (Å²) in [6.07, 6.45) is 1.80. The first-order valence-corrected chi connectivity index (χ1v) is 8.23. The molecule has 0 saturated heterocycles. The van der Waals surface area contributed by atoms with Crippen molar-refractivity contribution in [3.63, 3.8) is 0 Å². The lowest BCUT2D eigenvalue weighted by Gasteiger charge is -2.17. The molecule has 0 N–H and O–H groups in total. The molecular formula is C17H17N3O2S. The van der Waals surface area contributed by atoms with Gasteiger partial charge in [-0.15, -0.1) is 11.3 Å². The number of rotatable bonds is 5. The van der Waals surface area contributed by atoms with Crippen LogP contribution < -0.4 is 5.56 Å². The lowest BCUT2D eigenvalue weighted by atomic mass is 10.2. The van der Waals surface area contributed by atoms with E-state index >= 15 is 0 Å². The number of carbonyl (C=O) groups is 1. The van der Waals surface area contributed by atoms with Gasteiger partial charge >= 0.3 is 0 Å². The monoisotopic (exact) mass is 327 g/mol. The molecule has 6 heteroatoms. The van der Waals surface area contributed by atoms with Gasteiger partial charge in [0.05, 0.1) is 11.7 Å². The van der Waals surface area contributed by atoms with E-state index in [-0.39, 0.29) is 17.9 Å². The minimum Gasteiger partial charge on any atom is -0.341 e. The van der Waals surface area contributed by atoms with Crippen molar-refractivity contribution in [2.45, 2.75) is 19.5 Å². The number of aromatic nitrogens is 2. The summed E-state index contributed by atoms with van der Waals surface area (Å²) < 4.78 is 1.50. The summed E-state index contributed by atoms with van der Waals surface area (Å²) in [5.41, 5.74) is 0.997. The molecule has 0 aliphatic carbocycles. The fourth-order valence-electron chi connectivity index (χ4n) is 2.40. The number of hydrogen-bond acceptors (Lipinski definition) is 4. The lowest BCUT2D eigenvalue weighted by molar-refractivity contribution is -0.130. The maximum Gasteiger partial charge on any atom is 0.262 e. The summed E-state index contributed by atoms with van der Waals surface area (Å²) in [5.74, 6) is 0.00571. The second kappa shape index (κ2) is 6.75. The second-order valence-corrected chi connectivity index (χ2v) is 6.26. The average molecular weight is 327 g/mol. The van der Waals surface area contributed by atoms with Gasteiger partial charge in [-0.25, -0.2) is 4.98 Å². The Morgan fingerprint density at radius 2 is 2.04 bits per heavy atom. The zero-order chi connectivity index (χ0) is 16.2. The molecule has 3 aromatic rings. The number of aryl methyl sites for hydroxylation is 1. The maximum atomic E-state index is 12.3. The first-order chi connectivity index (χ1) is 11.1. The predicted octanol–water partition coefficient (Wildman–Crippen LogP) is 2.51. The number of amides is 1. The van der Waals surface area contributed by atoms with Crippen molar-refractivity contribution in [3.05, 3.63) is 64.0 Å². The van der Waals surface area contributed by atoms with Crippen LogP contribution in [0.2, 0.25) is 0 Å². The van der Waals surface area contributed by atoms with Crippen molar-refractivity contribution in [1.29, 1.82) is 0 Å². The number of nitrogens with zero attached hydrogens (tertiary/aromatic N) is 3. The SMILES string of the molecule is CN(Cc1ccccc1)C(=O)CCn1cnc2sccc2c1=O. The first-order valence-electron chi connectivity index (χ1n) is 7.35. The van der Waals surface area contributed by atoms with Gasteiger partial charge in [0.15, 0.2) is 0 Å². The van der Waals surface area contributed by atoms with Crippen molar-refractivity contribution in [1.82, 2.24) is 14.5 Å². The zero-order valence-corrected chi connectivity index (χ0v) is 13.6. The fourth-order valence-corrected chi connectivity index (χ4v) is 3.13. The van der Waals surface area contributed by atoms with E-state index in [1.807, 2.05) is 35.7 Å². The van der Waals surface area contributed by atoms with Crippen molar-refractivity contribution in [2.24, 2.45) is 0 Å². The summed E-state index contributed by atoms with van der Waals surface area (Å²) in [6, 6.07) is 11.6. The van der Waals surface area contributed by atoms with Crippen LogP contribution in [0.4, 0.5) is 0 Å². The van der Waals surface area contributed by atoms with Gasteiger partial charge < -0.3 is 4.90 Å². The van der Waals surface area contributed by atoms with Gasteiger partial charge in [0.1, 0.15) is 4.83 Å². The standard InChI is InChI=1S/C17H17N3O2S/c1-19(11-13-5-3-2-4-6-13)15(21)7-9-20-12-18-16-14(17(20)22)8-10-23-16/h2-6,8,10,12H,7,9,11H2,1H3. The van der Waals surface area contributed by atoms with Gasteiger partial charge in [0.2, 0.25) is 5.91 Å². The lowest BCUT2D eigenvalue weighted by Crippen LogP contribution is -2.29. The van der Waals surface area contributed by atoms with Gasteiger partial charge in [-0.2, -0.15) is 0 Å². The maximum absolute atomic E-state index is 12.3. The van der Waals surface area contributed by atoms with Crippen molar-refractivity contribution >= 4 is 27.5 Å².